The molecule has 0 radical (unpaired) electrons. The van der Waals surface area contributed by atoms with E-state index in [9.17, 15) is 18.0 Å². The number of hydrogen-bond donors (Lipinski definition) is 1. The Bertz CT molecular complexity index is 1120. The lowest BCUT2D eigenvalue weighted by Crippen LogP contribution is -2.43. The van der Waals surface area contributed by atoms with Crippen LogP contribution in [-0.4, -0.2) is 62.0 Å². The van der Waals surface area contributed by atoms with E-state index in [1.807, 2.05) is 0 Å². The molecule has 1 atom stereocenters. The lowest BCUT2D eigenvalue weighted by atomic mass is 10.2. The minimum Gasteiger partial charge on any atom is -0.486 e. The Morgan fingerprint density at radius 3 is 2.84 bits per heavy atom. The van der Waals surface area contributed by atoms with E-state index in [0.717, 1.165) is 0 Å². The molecule has 1 aromatic carbocycles. The number of rotatable bonds is 7. The van der Waals surface area contributed by atoms with Crippen LogP contribution in [0.1, 0.15) is 25.5 Å². The molecule has 1 N–H and O–H groups in total. The monoisotopic (exact) mass is 481 g/mol. The minimum absolute atomic E-state index is 0.00819. The molecule has 1 saturated heterocycles. The molecule has 2 aliphatic heterocycles. The van der Waals surface area contributed by atoms with Gasteiger partial charge in [0, 0.05) is 18.0 Å². The van der Waals surface area contributed by atoms with E-state index in [1.54, 1.807) is 18.4 Å². The number of nitrogens with one attached hydrogen (secondary N) is 1. The standard InChI is InChI=1S/C20H23N3O7S2/c1-2-28-18(24)10-13-12-31-20(21-13)22-19(25)15-4-3-7-23(15)32(26,27)14-5-6-16-17(11-14)30-9-8-29-16/h5-6,11-12,15H,2-4,7-10H2,1H3,(H,21,22,25)/t15-/m0/s1. The highest BCUT2D eigenvalue weighted by Crippen LogP contribution is 2.35. The van der Waals surface area contributed by atoms with Crippen LogP contribution in [0.4, 0.5) is 5.13 Å². The molecular weight excluding hydrogens is 458 g/mol. The van der Waals surface area contributed by atoms with Gasteiger partial charge in [-0.25, -0.2) is 13.4 Å². The molecule has 0 bridgehead atoms. The van der Waals surface area contributed by atoms with Gasteiger partial charge < -0.3 is 19.5 Å². The molecule has 0 unspecified atom stereocenters. The molecule has 4 rings (SSSR count). The zero-order chi connectivity index (χ0) is 22.7. The van der Waals surface area contributed by atoms with Gasteiger partial charge in [-0.1, -0.05) is 0 Å². The van der Waals surface area contributed by atoms with Gasteiger partial charge in [0.2, 0.25) is 15.9 Å². The highest BCUT2D eigenvalue weighted by atomic mass is 32.2. The van der Waals surface area contributed by atoms with Gasteiger partial charge in [0.1, 0.15) is 19.3 Å². The van der Waals surface area contributed by atoms with Crippen LogP contribution in [0.15, 0.2) is 28.5 Å². The predicted octanol–water partition coefficient (Wildman–Crippen LogP) is 1.81. The van der Waals surface area contributed by atoms with E-state index in [-0.39, 0.29) is 24.5 Å². The highest BCUT2D eigenvalue weighted by Gasteiger charge is 2.40. The molecular formula is C20H23N3O7S2. The first-order chi connectivity index (χ1) is 15.4. The number of carbonyl (C=O) groups excluding carboxylic acids is 2. The van der Waals surface area contributed by atoms with E-state index < -0.39 is 27.9 Å². The second-order valence-electron chi connectivity index (χ2n) is 7.19. The lowest BCUT2D eigenvalue weighted by molar-refractivity contribution is -0.142. The second kappa shape index (κ2) is 9.43. The second-order valence-corrected chi connectivity index (χ2v) is 9.94. The molecule has 1 fully saturated rings. The van der Waals surface area contributed by atoms with Crippen LogP contribution in [0.5, 0.6) is 11.5 Å². The largest absolute Gasteiger partial charge is 0.486 e. The van der Waals surface area contributed by atoms with Crippen molar-refractivity contribution in [3.05, 3.63) is 29.3 Å². The van der Waals surface area contributed by atoms with E-state index in [4.69, 9.17) is 14.2 Å². The van der Waals surface area contributed by atoms with Crippen molar-refractivity contribution in [3.8, 4) is 11.5 Å². The van der Waals surface area contributed by atoms with Crippen molar-refractivity contribution in [3.63, 3.8) is 0 Å². The quantitative estimate of drug-likeness (QED) is 0.594. The SMILES string of the molecule is CCOC(=O)Cc1csc(NC(=O)[C@@H]2CCCN2S(=O)(=O)c2ccc3c(c2)OCCO3)n1. The summed E-state index contributed by atoms with van der Waals surface area (Å²) in [5.74, 6) is 0.00608. The maximum absolute atomic E-state index is 13.3. The molecule has 1 amide bonds. The number of fused-ring (bicyclic) bond motifs is 1. The number of hydrogen-bond acceptors (Lipinski definition) is 9. The molecule has 32 heavy (non-hydrogen) atoms. The van der Waals surface area contributed by atoms with Crippen molar-refractivity contribution in [2.24, 2.45) is 0 Å². The van der Waals surface area contributed by atoms with Gasteiger partial charge >= 0.3 is 5.97 Å². The first kappa shape index (κ1) is 22.5. The Morgan fingerprint density at radius 1 is 1.28 bits per heavy atom. The van der Waals surface area contributed by atoms with Crippen molar-refractivity contribution in [2.75, 3.05) is 31.7 Å². The summed E-state index contributed by atoms with van der Waals surface area (Å²) in [4.78, 5) is 28.8. The Hall–Kier alpha value is -2.70. The van der Waals surface area contributed by atoms with Crippen molar-refractivity contribution in [1.82, 2.24) is 9.29 Å². The summed E-state index contributed by atoms with van der Waals surface area (Å²) in [5.41, 5.74) is 0.482. The van der Waals surface area contributed by atoms with Gasteiger partial charge in [0.05, 0.1) is 23.6 Å². The Morgan fingerprint density at radius 2 is 2.06 bits per heavy atom. The number of benzene rings is 1. The van der Waals surface area contributed by atoms with Crippen LogP contribution in [0.25, 0.3) is 0 Å². The number of carbonyl (C=O) groups is 2. The highest BCUT2D eigenvalue weighted by molar-refractivity contribution is 7.89. The Labute approximate surface area is 189 Å². The fourth-order valence-electron chi connectivity index (χ4n) is 3.60. The van der Waals surface area contributed by atoms with E-state index in [2.05, 4.69) is 10.3 Å². The molecule has 12 heteroatoms. The van der Waals surface area contributed by atoms with Gasteiger partial charge in [-0.05, 0) is 31.9 Å². The third kappa shape index (κ3) is 4.71. The van der Waals surface area contributed by atoms with E-state index >= 15 is 0 Å². The normalized spacial score (nSPS) is 18.3. The van der Waals surface area contributed by atoms with Crippen molar-refractivity contribution in [2.45, 2.75) is 37.1 Å². The summed E-state index contributed by atoms with van der Waals surface area (Å²) >= 11 is 1.17. The van der Waals surface area contributed by atoms with Crippen LogP contribution in [0, 0.1) is 0 Å². The van der Waals surface area contributed by atoms with Gasteiger partial charge in [-0.2, -0.15) is 4.31 Å². The lowest BCUT2D eigenvalue weighted by Gasteiger charge is -2.24. The zero-order valence-electron chi connectivity index (χ0n) is 17.4. The first-order valence-corrected chi connectivity index (χ1v) is 12.5. The summed E-state index contributed by atoms with van der Waals surface area (Å²) in [6.07, 6.45) is 0.971. The fourth-order valence-corrected chi connectivity index (χ4v) is 5.99. The molecule has 0 spiro atoms. The molecule has 0 aliphatic carbocycles. The summed E-state index contributed by atoms with van der Waals surface area (Å²) < 4.78 is 43.6. The summed E-state index contributed by atoms with van der Waals surface area (Å²) in [5, 5.41) is 4.64. The fraction of sp³-hybridized carbons (Fsp3) is 0.450. The average Bonchev–Trinajstić information content (AvgIpc) is 3.43. The van der Waals surface area contributed by atoms with Crippen LogP contribution in [-0.2, 0) is 30.8 Å². The van der Waals surface area contributed by atoms with Gasteiger partial charge in [-0.15, -0.1) is 11.3 Å². The molecule has 0 saturated carbocycles. The number of aromatic nitrogens is 1. The summed E-state index contributed by atoms with van der Waals surface area (Å²) in [6, 6.07) is 3.59. The number of ether oxygens (including phenoxy) is 3. The molecule has 172 valence electrons. The van der Waals surface area contributed by atoms with Crippen LogP contribution in [0.2, 0.25) is 0 Å². The van der Waals surface area contributed by atoms with E-state index in [1.165, 1.54) is 27.8 Å². The minimum atomic E-state index is -3.92. The van der Waals surface area contributed by atoms with Crippen molar-refractivity contribution in [1.29, 1.82) is 0 Å². The first-order valence-electron chi connectivity index (χ1n) is 10.2. The van der Waals surface area contributed by atoms with Gasteiger partial charge in [-0.3, -0.25) is 9.59 Å². The Kier molecular flexibility index (Phi) is 6.63. The summed E-state index contributed by atoms with van der Waals surface area (Å²) in [7, 11) is -3.92. The third-order valence-electron chi connectivity index (χ3n) is 5.04. The predicted molar refractivity (Wildman–Crippen MR) is 115 cm³/mol. The average molecular weight is 482 g/mol. The molecule has 1 aromatic heterocycles. The van der Waals surface area contributed by atoms with Crippen molar-refractivity contribution < 1.29 is 32.2 Å². The number of esters is 1. The zero-order valence-corrected chi connectivity index (χ0v) is 19.0. The van der Waals surface area contributed by atoms with Crippen LogP contribution >= 0.6 is 11.3 Å². The number of sulfonamides is 1. The maximum atomic E-state index is 13.3. The molecule has 2 aliphatic rings. The maximum Gasteiger partial charge on any atom is 0.311 e. The molecule has 10 nitrogen and oxygen atoms in total. The molecule has 2 aromatic rings. The summed E-state index contributed by atoms with van der Waals surface area (Å²) in [6.45, 7) is 2.99. The number of nitrogens with zero attached hydrogens (tertiary/aromatic N) is 2. The topological polar surface area (TPSA) is 124 Å². The number of thiazole rings is 1. The van der Waals surface area contributed by atoms with Gasteiger partial charge in [0.15, 0.2) is 16.6 Å². The van der Waals surface area contributed by atoms with E-state index in [0.29, 0.717) is 48.4 Å². The van der Waals surface area contributed by atoms with Gasteiger partial charge in [0.25, 0.3) is 0 Å². The number of amides is 1. The Balaban J connectivity index is 1.46. The molecule has 3 heterocycles. The van der Waals surface area contributed by atoms with Crippen molar-refractivity contribution >= 4 is 38.4 Å². The smallest absolute Gasteiger partial charge is 0.311 e. The number of anilines is 1. The van der Waals surface area contributed by atoms with Crippen LogP contribution < -0.4 is 14.8 Å². The third-order valence-corrected chi connectivity index (χ3v) is 7.75. The van der Waals surface area contributed by atoms with Crippen LogP contribution in [0.3, 0.4) is 0 Å².